The molecule has 0 atom stereocenters. The van der Waals surface area contributed by atoms with Crippen molar-refractivity contribution in [2.24, 2.45) is 5.73 Å². The molecule has 0 aliphatic heterocycles. The summed E-state index contributed by atoms with van der Waals surface area (Å²) in [5, 5.41) is 14.0. The number of rotatable bonds is 7. The van der Waals surface area contributed by atoms with Crippen LogP contribution in [0.15, 0.2) is 54.9 Å². The van der Waals surface area contributed by atoms with E-state index in [1.807, 2.05) is 6.92 Å². The molecule has 0 saturated heterocycles. The molecule has 5 rings (SSSR count). The van der Waals surface area contributed by atoms with E-state index in [0.29, 0.717) is 51.4 Å². The number of benzene rings is 2. The topological polar surface area (TPSA) is 123 Å². The van der Waals surface area contributed by atoms with Crippen molar-refractivity contribution in [1.29, 1.82) is 0 Å². The Bertz CT molecular complexity index is 1450. The number of anilines is 1. The van der Waals surface area contributed by atoms with Crippen LogP contribution < -0.4 is 11.1 Å². The van der Waals surface area contributed by atoms with Gasteiger partial charge in [0.2, 0.25) is 11.9 Å². The van der Waals surface area contributed by atoms with Crippen LogP contribution in [0.2, 0.25) is 0 Å². The summed E-state index contributed by atoms with van der Waals surface area (Å²) in [7, 11) is 0. The van der Waals surface area contributed by atoms with Crippen molar-refractivity contribution in [2.75, 3.05) is 11.9 Å². The molecular weight excluding hydrogens is 473 g/mol. The number of ether oxygens (including phenoxy) is 1. The number of carbonyl (C=O) groups is 1. The second-order valence-electron chi connectivity index (χ2n) is 9.13. The first-order valence-corrected chi connectivity index (χ1v) is 12.4. The molecule has 1 saturated carbocycles. The standard InChI is InChI=1S/C28H28FN5O3/c1-2-37-18-10-8-17(9-11-18)33-28-32-15-22-25(19-5-3-4-6-20(19)27(30)36)31-14-21(26(22)34-28)16-7-12-23(29)24(35)13-16/h3-7,12-15,17-18,35H,2,8-11H2,1H3,(H2,30,36)(H,32,33,34). The maximum absolute atomic E-state index is 13.8. The van der Waals surface area contributed by atoms with Crippen molar-refractivity contribution in [3.8, 4) is 28.1 Å². The number of nitrogens with one attached hydrogen (secondary N) is 1. The molecule has 8 nitrogen and oxygen atoms in total. The summed E-state index contributed by atoms with van der Waals surface area (Å²) in [6.07, 6.45) is 7.39. The summed E-state index contributed by atoms with van der Waals surface area (Å²) in [5.74, 6) is -1.29. The van der Waals surface area contributed by atoms with Gasteiger partial charge in [0.1, 0.15) is 0 Å². The summed E-state index contributed by atoms with van der Waals surface area (Å²) in [6.45, 7) is 2.73. The minimum Gasteiger partial charge on any atom is -0.505 e. The molecule has 0 radical (unpaired) electrons. The van der Waals surface area contributed by atoms with Gasteiger partial charge in [0.25, 0.3) is 0 Å². The van der Waals surface area contributed by atoms with Crippen molar-refractivity contribution >= 4 is 22.8 Å². The number of primary amides is 1. The van der Waals surface area contributed by atoms with Crippen LogP contribution in [0.25, 0.3) is 33.3 Å². The lowest BCUT2D eigenvalue weighted by molar-refractivity contribution is 0.0346. The number of phenolic OH excluding ortho intramolecular Hbond substituents is 1. The number of hydrogen-bond acceptors (Lipinski definition) is 7. The minimum atomic E-state index is -0.715. The number of halogens is 1. The van der Waals surface area contributed by atoms with Gasteiger partial charge in [-0.15, -0.1) is 0 Å². The Labute approximate surface area is 213 Å². The largest absolute Gasteiger partial charge is 0.505 e. The lowest BCUT2D eigenvalue weighted by Crippen LogP contribution is -2.30. The van der Waals surface area contributed by atoms with Gasteiger partial charge in [-0.3, -0.25) is 9.78 Å². The minimum absolute atomic E-state index is 0.212. The van der Waals surface area contributed by atoms with Crippen LogP contribution in [0.3, 0.4) is 0 Å². The smallest absolute Gasteiger partial charge is 0.249 e. The Morgan fingerprint density at radius 3 is 2.62 bits per heavy atom. The van der Waals surface area contributed by atoms with Gasteiger partial charge in [0, 0.05) is 47.1 Å². The highest BCUT2D eigenvalue weighted by Gasteiger charge is 2.23. The van der Waals surface area contributed by atoms with Crippen LogP contribution in [0, 0.1) is 5.82 Å². The van der Waals surface area contributed by atoms with E-state index in [2.05, 4.69) is 15.3 Å². The maximum atomic E-state index is 13.8. The lowest BCUT2D eigenvalue weighted by Gasteiger charge is -2.28. The summed E-state index contributed by atoms with van der Waals surface area (Å²) in [4.78, 5) is 26.1. The zero-order valence-corrected chi connectivity index (χ0v) is 20.4. The van der Waals surface area contributed by atoms with Gasteiger partial charge in [0.05, 0.1) is 17.3 Å². The molecule has 4 aromatic rings. The molecule has 1 aliphatic rings. The Hall–Kier alpha value is -4.11. The Balaban J connectivity index is 1.59. The van der Waals surface area contributed by atoms with Gasteiger partial charge in [-0.05, 0) is 56.4 Å². The lowest BCUT2D eigenvalue weighted by atomic mass is 9.93. The third-order valence-electron chi connectivity index (χ3n) is 6.74. The maximum Gasteiger partial charge on any atom is 0.249 e. The number of carbonyl (C=O) groups excluding carboxylic acids is 1. The van der Waals surface area contributed by atoms with Crippen molar-refractivity contribution < 1.29 is 19.0 Å². The average Bonchev–Trinajstić information content (AvgIpc) is 2.91. The van der Waals surface area contributed by atoms with Gasteiger partial charge in [-0.1, -0.05) is 24.3 Å². The molecule has 4 N–H and O–H groups in total. The third kappa shape index (κ3) is 5.08. The van der Waals surface area contributed by atoms with Crippen LogP contribution in [-0.4, -0.2) is 44.7 Å². The van der Waals surface area contributed by atoms with E-state index < -0.39 is 17.5 Å². The SMILES string of the molecule is CCOC1CCC(Nc2ncc3c(-c4ccccc4C(N)=O)ncc(-c4ccc(F)c(O)c4)c3n2)CC1. The molecule has 37 heavy (non-hydrogen) atoms. The number of aromatic nitrogens is 3. The molecule has 0 spiro atoms. The predicted molar refractivity (Wildman–Crippen MR) is 140 cm³/mol. The zero-order chi connectivity index (χ0) is 25.9. The molecule has 9 heteroatoms. The summed E-state index contributed by atoms with van der Waals surface area (Å²) in [6, 6.07) is 11.3. The molecule has 1 fully saturated rings. The Morgan fingerprint density at radius 2 is 1.89 bits per heavy atom. The molecule has 2 aromatic heterocycles. The van der Waals surface area contributed by atoms with Crippen molar-refractivity contribution in [2.45, 2.75) is 44.8 Å². The van der Waals surface area contributed by atoms with Crippen molar-refractivity contribution in [3.05, 3.63) is 66.2 Å². The molecular formula is C28H28FN5O3. The molecule has 190 valence electrons. The predicted octanol–water partition coefficient (Wildman–Crippen LogP) is 5.06. The fourth-order valence-electron chi connectivity index (χ4n) is 4.89. The highest BCUT2D eigenvalue weighted by atomic mass is 19.1. The number of amides is 1. The van der Waals surface area contributed by atoms with Crippen LogP contribution in [-0.2, 0) is 4.74 Å². The number of pyridine rings is 1. The van der Waals surface area contributed by atoms with Crippen molar-refractivity contribution in [1.82, 2.24) is 15.0 Å². The number of phenols is 1. The van der Waals surface area contributed by atoms with Crippen LogP contribution in [0.5, 0.6) is 5.75 Å². The van der Waals surface area contributed by atoms with Gasteiger partial charge >= 0.3 is 0 Å². The molecule has 2 heterocycles. The second-order valence-corrected chi connectivity index (χ2v) is 9.13. The Kier molecular flexibility index (Phi) is 6.96. The summed E-state index contributed by atoms with van der Waals surface area (Å²) < 4.78 is 19.5. The number of hydrogen-bond donors (Lipinski definition) is 3. The average molecular weight is 502 g/mol. The third-order valence-corrected chi connectivity index (χ3v) is 6.74. The van der Waals surface area contributed by atoms with Crippen LogP contribution in [0.1, 0.15) is 43.0 Å². The van der Waals surface area contributed by atoms with Crippen LogP contribution >= 0.6 is 0 Å². The van der Waals surface area contributed by atoms with Crippen molar-refractivity contribution in [3.63, 3.8) is 0 Å². The van der Waals surface area contributed by atoms with E-state index in [1.165, 1.54) is 12.1 Å². The van der Waals surface area contributed by atoms with E-state index in [1.54, 1.807) is 42.7 Å². The highest BCUT2D eigenvalue weighted by molar-refractivity contribution is 6.06. The molecule has 2 aromatic carbocycles. The van der Waals surface area contributed by atoms with Gasteiger partial charge < -0.3 is 20.9 Å². The summed E-state index contributed by atoms with van der Waals surface area (Å²) >= 11 is 0. The van der Waals surface area contributed by atoms with E-state index >= 15 is 0 Å². The number of nitrogens with two attached hydrogens (primary N) is 1. The quantitative estimate of drug-likeness (QED) is 0.323. The molecule has 0 unspecified atom stereocenters. The van der Waals surface area contributed by atoms with Gasteiger partial charge in [0.15, 0.2) is 11.6 Å². The monoisotopic (exact) mass is 501 g/mol. The number of nitrogens with zero attached hydrogens (tertiary/aromatic N) is 3. The highest BCUT2D eigenvalue weighted by Crippen LogP contribution is 2.36. The van der Waals surface area contributed by atoms with Gasteiger partial charge in [-0.25, -0.2) is 14.4 Å². The molecule has 0 bridgehead atoms. The fourth-order valence-corrected chi connectivity index (χ4v) is 4.89. The van der Waals surface area contributed by atoms with E-state index in [-0.39, 0.29) is 12.1 Å². The van der Waals surface area contributed by atoms with Crippen LogP contribution in [0.4, 0.5) is 10.3 Å². The fraction of sp³-hybridized carbons (Fsp3) is 0.286. The number of aromatic hydroxyl groups is 1. The first-order valence-electron chi connectivity index (χ1n) is 12.4. The summed E-state index contributed by atoms with van der Waals surface area (Å²) in [5.41, 5.74) is 8.71. The van der Waals surface area contributed by atoms with E-state index in [9.17, 15) is 14.3 Å². The second kappa shape index (κ2) is 10.5. The Morgan fingerprint density at radius 1 is 1.11 bits per heavy atom. The normalized spacial score (nSPS) is 17.6. The molecule has 1 aliphatic carbocycles. The number of fused-ring (bicyclic) bond motifs is 1. The first-order chi connectivity index (χ1) is 17.9. The zero-order valence-electron chi connectivity index (χ0n) is 20.4. The molecule has 1 amide bonds. The van der Waals surface area contributed by atoms with E-state index in [4.69, 9.17) is 15.5 Å². The van der Waals surface area contributed by atoms with Gasteiger partial charge in [-0.2, -0.15) is 0 Å². The first kappa shape index (κ1) is 24.6. The van der Waals surface area contributed by atoms with E-state index in [0.717, 1.165) is 25.7 Å².